The summed E-state index contributed by atoms with van der Waals surface area (Å²) in [7, 11) is 0. The smallest absolute Gasteiger partial charge is 0.305 e. The minimum absolute atomic E-state index is 0.0166. The van der Waals surface area contributed by atoms with Crippen molar-refractivity contribution in [2.24, 2.45) is 5.92 Å². The normalized spacial score (nSPS) is 11.7. The fraction of sp³-hybridized carbons (Fsp3) is 0.909. The zero-order valence-electron chi connectivity index (χ0n) is 24.4. The third-order valence-corrected chi connectivity index (χ3v) is 7.08. The highest BCUT2D eigenvalue weighted by atomic mass is 16.5. The molecular weight excluding hydrogens is 428 g/mol. The predicted octanol–water partition coefficient (Wildman–Crippen LogP) is 11.5. The van der Waals surface area contributed by atoms with E-state index in [1.165, 1.54) is 141 Å². The molecule has 0 aromatic heterocycles. The number of hydrogen-bond donors (Lipinski definition) is 0. The van der Waals surface area contributed by atoms with Gasteiger partial charge in [0.25, 0.3) is 0 Å². The zero-order chi connectivity index (χ0) is 25.7. The van der Waals surface area contributed by atoms with E-state index in [4.69, 9.17) is 4.74 Å². The van der Waals surface area contributed by atoms with Crippen molar-refractivity contribution < 1.29 is 9.53 Å². The standard InChI is InChI=1S/C33H64O2/c1-4-5-6-7-8-9-10-11-12-13-14-15-16-17-21-24-27-30-33(34)35-31-28-25-22-19-18-20-23-26-29-32(2)3/h11-12,32H,4-10,13-31H2,1-3H3. The van der Waals surface area contributed by atoms with E-state index in [1.54, 1.807) is 0 Å². The summed E-state index contributed by atoms with van der Waals surface area (Å²) in [5.41, 5.74) is 0. The Hall–Kier alpha value is -0.790. The summed E-state index contributed by atoms with van der Waals surface area (Å²) >= 11 is 0. The number of hydrogen-bond acceptors (Lipinski definition) is 2. The lowest BCUT2D eigenvalue weighted by atomic mass is 10.0. The molecule has 0 aliphatic rings. The predicted molar refractivity (Wildman–Crippen MR) is 156 cm³/mol. The third-order valence-electron chi connectivity index (χ3n) is 7.08. The Kier molecular flexibility index (Phi) is 28.8. The lowest BCUT2D eigenvalue weighted by Gasteiger charge is -2.06. The summed E-state index contributed by atoms with van der Waals surface area (Å²) in [4.78, 5) is 11.9. The Bertz CT molecular complexity index is 440. The summed E-state index contributed by atoms with van der Waals surface area (Å²) in [6.45, 7) is 7.53. The Morgan fingerprint density at radius 1 is 0.571 bits per heavy atom. The van der Waals surface area contributed by atoms with Crippen LogP contribution in [0.5, 0.6) is 0 Å². The molecule has 2 nitrogen and oxygen atoms in total. The van der Waals surface area contributed by atoms with Gasteiger partial charge < -0.3 is 4.74 Å². The van der Waals surface area contributed by atoms with Crippen LogP contribution in [0.25, 0.3) is 0 Å². The number of carbonyl (C=O) groups is 1. The van der Waals surface area contributed by atoms with Gasteiger partial charge in [-0.2, -0.15) is 0 Å². The van der Waals surface area contributed by atoms with Gasteiger partial charge in [-0.15, -0.1) is 0 Å². The minimum Gasteiger partial charge on any atom is -0.466 e. The topological polar surface area (TPSA) is 26.3 Å². The van der Waals surface area contributed by atoms with Crippen molar-refractivity contribution in [2.75, 3.05) is 6.61 Å². The fourth-order valence-electron chi connectivity index (χ4n) is 4.67. The molecule has 0 spiro atoms. The molecule has 2 heteroatoms. The van der Waals surface area contributed by atoms with Crippen LogP contribution in [0, 0.1) is 5.92 Å². The van der Waals surface area contributed by atoms with Crippen LogP contribution >= 0.6 is 0 Å². The van der Waals surface area contributed by atoms with Crippen molar-refractivity contribution in [3.8, 4) is 0 Å². The maximum Gasteiger partial charge on any atom is 0.305 e. The molecule has 0 amide bonds. The van der Waals surface area contributed by atoms with Gasteiger partial charge in [0.1, 0.15) is 0 Å². The van der Waals surface area contributed by atoms with Gasteiger partial charge in [-0.1, -0.05) is 148 Å². The van der Waals surface area contributed by atoms with Crippen LogP contribution < -0.4 is 0 Å². The van der Waals surface area contributed by atoms with Crippen LogP contribution in [0.3, 0.4) is 0 Å². The van der Waals surface area contributed by atoms with E-state index in [0.717, 1.165) is 18.8 Å². The molecule has 0 atom stereocenters. The molecule has 0 radical (unpaired) electrons. The molecule has 0 heterocycles. The van der Waals surface area contributed by atoms with Gasteiger partial charge >= 0.3 is 5.97 Å². The van der Waals surface area contributed by atoms with Gasteiger partial charge in [0.05, 0.1) is 6.61 Å². The Balaban J connectivity index is 3.20. The minimum atomic E-state index is 0.0166. The first-order valence-corrected chi connectivity index (χ1v) is 16.0. The molecule has 0 saturated carbocycles. The number of carbonyl (C=O) groups excluding carboxylic acids is 1. The van der Waals surface area contributed by atoms with Gasteiger partial charge in [0.15, 0.2) is 0 Å². The second-order valence-electron chi connectivity index (χ2n) is 11.3. The van der Waals surface area contributed by atoms with Crippen molar-refractivity contribution in [3.63, 3.8) is 0 Å². The maximum absolute atomic E-state index is 11.9. The lowest BCUT2D eigenvalue weighted by molar-refractivity contribution is -0.143. The molecule has 0 fully saturated rings. The number of unbranched alkanes of at least 4 members (excludes halogenated alkanes) is 20. The first-order chi connectivity index (χ1) is 17.2. The monoisotopic (exact) mass is 492 g/mol. The maximum atomic E-state index is 11.9. The van der Waals surface area contributed by atoms with Gasteiger partial charge in [0.2, 0.25) is 0 Å². The highest BCUT2D eigenvalue weighted by molar-refractivity contribution is 5.69. The molecule has 0 aromatic rings. The lowest BCUT2D eigenvalue weighted by Crippen LogP contribution is -2.05. The Morgan fingerprint density at radius 3 is 1.51 bits per heavy atom. The SMILES string of the molecule is CCCCCCCCC=CCCCCCCCCCC(=O)OCCCCCCCCCCC(C)C. The van der Waals surface area contributed by atoms with E-state index in [0.29, 0.717) is 13.0 Å². The molecule has 35 heavy (non-hydrogen) atoms. The second kappa shape index (κ2) is 29.4. The van der Waals surface area contributed by atoms with Crippen molar-refractivity contribution in [1.29, 1.82) is 0 Å². The van der Waals surface area contributed by atoms with Gasteiger partial charge in [-0.25, -0.2) is 0 Å². The Morgan fingerprint density at radius 2 is 1.00 bits per heavy atom. The molecule has 0 bridgehead atoms. The molecular formula is C33H64O2. The molecule has 0 unspecified atom stereocenters. The number of rotatable bonds is 28. The average molecular weight is 493 g/mol. The van der Waals surface area contributed by atoms with Crippen LogP contribution in [0.4, 0.5) is 0 Å². The van der Waals surface area contributed by atoms with E-state index >= 15 is 0 Å². The number of allylic oxidation sites excluding steroid dienone is 2. The quantitative estimate of drug-likeness (QED) is 0.0616. The summed E-state index contributed by atoms with van der Waals surface area (Å²) in [6, 6.07) is 0. The van der Waals surface area contributed by atoms with Gasteiger partial charge in [-0.05, 0) is 44.4 Å². The van der Waals surface area contributed by atoms with Crippen molar-refractivity contribution in [3.05, 3.63) is 12.2 Å². The first-order valence-electron chi connectivity index (χ1n) is 16.0. The van der Waals surface area contributed by atoms with E-state index in [-0.39, 0.29) is 5.97 Å². The first kappa shape index (κ1) is 34.2. The molecule has 0 aromatic carbocycles. The number of esters is 1. The van der Waals surface area contributed by atoms with Crippen LogP contribution in [-0.2, 0) is 9.53 Å². The number of ether oxygens (including phenoxy) is 1. The van der Waals surface area contributed by atoms with Crippen molar-refractivity contribution >= 4 is 5.97 Å². The second-order valence-corrected chi connectivity index (χ2v) is 11.3. The zero-order valence-corrected chi connectivity index (χ0v) is 24.4. The molecule has 0 aliphatic heterocycles. The highest BCUT2D eigenvalue weighted by Gasteiger charge is 2.02. The van der Waals surface area contributed by atoms with E-state index in [9.17, 15) is 4.79 Å². The molecule has 208 valence electrons. The van der Waals surface area contributed by atoms with Crippen molar-refractivity contribution in [1.82, 2.24) is 0 Å². The fourth-order valence-corrected chi connectivity index (χ4v) is 4.67. The summed E-state index contributed by atoms with van der Waals surface area (Å²) in [5.74, 6) is 0.868. The van der Waals surface area contributed by atoms with Crippen LogP contribution in [0.15, 0.2) is 12.2 Å². The van der Waals surface area contributed by atoms with Gasteiger partial charge in [0, 0.05) is 6.42 Å². The molecule has 0 aliphatic carbocycles. The highest BCUT2D eigenvalue weighted by Crippen LogP contribution is 2.14. The third kappa shape index (κ3) is 31.2. The van der Waals surface area contributed by atoms with Crippen LogP contribution in [0.1, 0.15) is 181 Å². The van der Waals surface area contributed by atoms with Crippen LogP contribution in [0.2, 0.25) is 0 Å². The molecule has 0 N–H and O–H groups in total. The van der Waals surface area contributed by atoms with Crippen molar-refractivity contribution in [2.45, 2.75) is 181 Å². The van der Waals surface area contributed by atoms with E-state index < -0.39 is 0 Å². The Labute approximate surface area is 221 Å². The van der Waals surface area contributed by atoms with Gasteiger partial charge in [-0.3, -0.25) is 4.79 Å². The summed E-state index contributed by atoms with van der Waals surface area (Å²) in [6.07, 6.45) is 36.8. The molecule has 0 rings (SSSR count). The summed E-state index contributed by atoms with van der Waals surface area (Å²) in [5, 5.41) is 0. The average Bonchev–Trinajstić information content (AvgIpc) is 2.84. The molecule has 0 saturated heterocycles. The largest absolute Gasteiger partial charge is 0.466 e. The summed E-state index contributed by atoms with van der Waals surface area (Å²) < 4.78 is 5.41. The van der Waals surface area contributed by atoms with E-state index in [2.05, 4.69) is 32.9 Å². The van der Waals surface area contributed by atoms with Crippen LogP contribution in [-0.4, -0.2) is 12.6 Å². The van der Waals surface area contributed by atoms with E-state index in [1.807, 2.05) is 0 Å².